The summed E-state index contributed by atoms with van der Waals surface area (Å²) in [5.41, 5.74) is 6.45. The lowest BCUT2D eigenvalue weighted by Crippen LogP contribution is -2.65. The van der Waals surface area contributed by atoms with Gasteiger partial charge < -0.3 is 33.5 Å². The molecular formula is C49H47NO7. The summed E-state index contributed by atoms with van der Waals surface area (Å²) in [5.74, 6) is -1.32. The van der Waals surface area contributed by atoms with Crippen molar-refractivity contribution in [2.24, 2.45) is 0 Å². The fourth-order valence-electron chi connectivity index (χ4n) is 7.12. The Kier molecular flexibility index (Phi) is 13.5. The van der Waals surface area contributed by atoms with Crippen LogP contribution in [0.5, 0.6) is 5.75 Å². The second-order valence-electron chi connectivity index (χ2n) is 14.1. The van der Waals surface area contributed by atoms with Gasteiger partial charge in [-0.2, -0.15) is 5.26 Å². The first kappa shape index (κ1) is 39.6. The summed E-state index contributed by atoms with van der Waals surface area (Å²) in [7, 11) is 1.63. The summed E-state index contributed by atoms with van der Waals surface area (Å²) in [6.07, 6.45) is -3.03. The lowest BCUT2D eigenvalue weighted by atomic mass is 9.85. The van der Waals surface area contributed by atoms with Crippen LogP contribution in [-0.4, -0.2) is 43.2 Å². The van der Waals surface area contributed by atoms with E-state index in [0.29, 0.717) is 24.2 Å². The molecule has 1 saturated heterocycles. The number of nitrogens with zero attached hydrogens (tertiary/aromatic N) is 1. The van der Waals surface area contributed by atoms with Gasteiger partial charge in [-0.05, 0) is 64.1 Å². The first-order valence-corrected chi connectivity index (χ1v) is 19.2. The maximum Gasteiger partial charge on any atom is 0.222 e. The van der Waals surface area contributed by atoms with Crippen molar-refractivity contribution in [3.8, 4) is 11.8 Å². The van der Waals surface area contributed by atoms with Crippen LogP contribution >= 0.6 is 0 Å². The van der Waals surface area contributed by atoms with Gasteiger partial charge in [0, 0.05) is 5.56 Å². The van der Waals surface area contributed by atoms with Gasteiger partial charge in [0.25, 0.3) is 0 Å². The topological polar surface area (TPSA) is 99.4 Å². The molecule has 8 nitrogen and oxygen atoms in total. The number of benzene rings is 6. The smallest absolute Gasteiger partial charge is 0.222 e. The molecule has 6 aromatic rings. The van der Waals surface area contributed by atoms with E-state index in [1.807, 2.05) is 152 Å². The molecule has 0 aliphatic carbocycles. The lowest BCUT2D eigenvalue weighted by molar-refractivity contribution is -0.378. The van der Waals surface area contributed by atoms with Gasteiger partial charge in [-0.15, -0.1) is 0 Å². The highest BCUT2D eigenvalue weighted by molar-refractivity contribution is 5.45. The first-order chi connectivity index (χ1) is 28.0. The van der Waals surface area contributed by atoms with E-state index >= 15 is 0 Å². The number of methoxy groups -OCH3 is 1. The van der Waals surface area contributed by atoms with Gasteiger partial charge in [0.15, 0.2) is 0 Å². The van der Waals surface area contributed by atoms with Crippen LogP contribution in [0.4, 0.5) is 0 Å². The number of nitriles is 1. The largest absolute Gasteiger partial charge is 0.497 e. The average Bonchev–Trinajstić information content (AvgIpc) is 3.26. The quantitative estimate of drug-likeness (QED) is 0.0987. The van der Waals surface area contributed by atoms with Gasteiger partial charge in [-0.25, -0.2) is 0 Å². The SMILES string of the molecule is COc1ccc(Cc2cc([C@@]3(O)O[C@H](COCc4ccccc4)[C@@H](OCc4ccccc4)[C@H](OCc4ccccc4)[C@H]3OCc3ccccc3)ccc2C#N)cc1. The third kappa shape index (κ3) is 10.2. The predicted octanol–water partition coefficient (Wildman–Crippen LogP) is 8.67. The van der Waals surface area contributed by atoms with Crippen LogP contribution < -0.4 is 4.74 Å². The van der Waals surface area contributed by atoms with Crippen molar-refractivity contribution in [2.45, 2.75) is 63.1 Å². The van der Waals surface area contributed by atoms with Crippen molar-refractivity contribution in [3.63, 3.8) is 0 Å². The fraction of sp³-hybridized carbons (Fsp3) is 0.245. The highest BCUT2D eigenvalue weighted by Gasteiger charge is 2.57. The van der Waals surface area contributed by atoms with Crippen LogP contribution in [0.1, 0.15) is 44.5 Å². The molecule has 6 aromatic carbocycles. The molecule has 1 fully saturated rings. The monoisotopic (exact) mass is 761 g/mol. The molecule has 0 aromatic heterocycles. The highest BCUT2D eigenvalue weighted by Crippen LogP contribution is 2.42. The maximum absolute atomic E-state index is 13.2. The third-order valence-electron chi connectivity index (χ3n) is 10.1. The second kappa shape index (κ2) is 19.5. The minimum absolute atomic E-state index is 0.0856. The molecule has 1 aliphatic heterocycles. The molecule has 0 amide bonds. The van der Waals surface area contributed by atoms with Gasteiger partial charge in [0.2, 0.25) is 5.79 Å². The van der Waals surface area contributed by atoms with Crippen molar-refractivity contribution in [3.05, 3.63) is 208 Å². The van der Waals surface area contributed by atoms with E-state index in [-0.39, 0.29) is 26.4 Å². The van der Waals surface area contributed by atoms with E-state index in [2.05, 4.69) is 6.07 Å². The zero-order valence-electron chi connectivity index (χ0n) is 32.0. The molecule has 7 rings (SSSR count). The van der Waals surface area contributed by atoms with Gasteiger partial charge >= 0.3 is 0 Å². The van der Waals surface area contributed by atoms with Gasteiger partial charge in [0.05, 0.1) is 51.8 Å². The molecule has 1 N–H and O–H groups in total. The van der Waals surface area contributed by atoms with Crippen LogP contribution in [0.25, 0.3) is 0 Å². The molecule has 0 bridgehead atoms. The Labute approximate surface area is 334 Å². The molecule has 0 saturated carbocycles. The zero-order valence-corrected chi connectivity index (χ0v) is 32.0. The summed E-state index contributed by atoms with van der Waals surface area (Å²) in [6.45, 7) is 1.07. The van der Waals surface area contributed by atoms with Crippen LogP contribution in [-0.2, 0) is 62.3 Å². The van der Waals surface area contributed by atoms with E-state index in [4.69, 9.17) is 28.4 Å². The van der Waals surface area contributed by atoms with E-state index < -0.39 is 30.2 Å². The highest BCUT2D eigenvalue weighted by atomic mass is 16.7. The van der Waals surface area contributed by atoms with Crippen LogP contribution in [0.15, 0.2) is 164 Å². The number of ether oxygens (including phenoxy) is 6. The van der Waals surface area contributed by atoms with Crippen molar-refractivity contribution in [1.82, 2.24) is 0 Å². The lowest BCUT2D eigenvalue weighted by Gasteiger charge is -2.50. The molecule has 57 heavy (non-hydrogen) atoms. The molecule has 0 spiro atoms. The minimum Gasteiger partial charge on any atom is -0.497 e. The second-order valence-corrected chi connectivity index (χ2v) is 14.1. The van der Waals surface area contributed by atoms with Gasteiger partial charge in [-0.3, -0.25) is 0 Å². The predicted molar refractivity (Wildman–Crippen MR) is 217 cm³/mol. The maximum atomic E-state index is 13.2. The normalized spacial score (nSPS) is 20.4. The van der Waals surface area contributed by atoms with Crippen molar-refractivity contribution < 1.29 is 33.5 Å². The standard InChI is InChI=1S/C49H47NO7/c1-52-44-26-22-36(23-27-44)28-42-29-43(25-24-41(42)30-50)49(51)48(56-34-40-20-12-5-13-21-40)47(55-33-39-18-10-4-11-19-39)46(54-32-38-16-8-3-9-17-38)45(57-49)35-53-31-37-14-6-2-7-15-37/h2-27,29,45-48,51H,28,31-35H2,1H3/t45-,46-,47+,48-,49-/m1/s1. The molecule has 290 valence electrons. The third-order valence-corrected chi connectivity index (χ3v) is 10.1. The molecule has 0 unspecified atom stereocenters. The van der Waals surface area contributed by atoms with Crippen molar-refractivity contribution >= 4 is 0 Å². The van der Waals surface area contributed by atoms with Crippen molar-refractivity contribution in [2.75, 3.05) is 13.7 Å². The summed E-state index contributed by atoms with van der Waals surface area (Å²) >= 11 is 0. The fourth-order valence-corrected chi connectivity index (χ4v) is 7.12. The molecule has 0 radical (unpaired) electrons. The Morgan fingerprint density at radius 1 is 0.596 bits per heavy atom. The number of hydrogen-bond acceptors (Lipinski definition) is 8. The van der Waals surface area contributed by atoms with Gasteiger partial charge in [0.1, 0.15) is 30.2 Å². The van der Waals surface area contributed by atoms with Gasteiger partial charge in [-0.1, -0.05) is 140 Å². The van der Waals surface area contributed by atoms with Crippen LogP contribution in [0, 0.1) is 11.3 Å². The Hall–Kier alpha value is -5.63. The summed E-state index contributed by atoms with van der Waals surface area (Å²) in [5, 5.41) is 23.4. The van der Waals surface area contributed by atoms with Crippen LogP contribution in [0.2, 0.25) is 0 Å². The molecular weight excluding hydrogens is 715 g/mol. The number of hydrogen-bond donors (Lipinski definition) is 1. The van der Waals surface area contributed by atoms with E-state index in [9.17, 15) is 10.4 Å². The summed E-state index contributed by atoms with van der Waals surface area (Å²) in [6, 6.07) is 54.8. The Morgan fingerprint density at radius 2 is 1.11 bits per heavy atom. The number of aliphatic hydroxyl groups is 1. The molecule has 1 heterocycles. The summed E-state index contributed by atoms with van der Waals surface area (Å²) in [4.78, 5) is 0. The number of rotatable bonds is 17. The Morgan fingerprint density at radius 3 is 1.63 bits per heavy atom. The minimum atomic E-state index is -2.06. The summed E-state index contributed by atoms with van der Waals surface area (Å²) < 4.78 is 39.0. The van der Waals surface area contributed by atoms with E-state index in [0.717, 1.165) is 39.1 Å². The molecule has 5 atom stereocenters. The van der Waals surface area contributed by atoms with Crippen molar-refractivity contribution in [1.29, 1.82) is 5.26 Å². The Balaban J connectivity index is 1.30. The average molecular weight is 762 g/mol. The van der Waals surface area contributed by atoms with Crippen LogP contribution in [0.3, 0.4) is 0 Å². The zero-order chi connectivity index (χ0) is 39.3. The van der Waals surface area contributed by atoms with E-state index in [1.54, 1.807) is 19.2 Å². The first-order valence-electron chi connectivity index (χ1n) is 19.2. The molecule has 1 aliphatic rings. The Bertz CT molecular complexity index is 2160. The molecule has 8 heteroatoms. The van der Waals surface area contributed by atoms with E-state index in [1.165, 1.54) is 0 Å².